The molecule has 0 aliphatic heterocycles. The Morgan fingerprint density at radius 3 is 2.54 bits per heavy atom. The summed E-state index contributed by atoms with van der Waals surface area (Å²) in [6.07, 6.45) is 4.36. The Balaban J connectivity index is 1.76. The van der Waals surface area contributed by atoms with E-state index in [1.807, 2.05) is 41.5 Å². The molecule has 0 N–H and O–H groups in total. The third-order valence-electron chi connectivity index (χ3n) is 4.81. The average Bonchev–Trinajstić information content (AvgIpc) is 3.06. The second-order valence-corrected chi connectivity index (χ2v) is 8.31. The topological polar surface area (TPSA) is 33.2 Å². The van der Waals surface area contributed by atoms with Gasteiger partial charge in [-0.25, -0.2) is 4.98 Å². The lowest BCUT2D eigenvalue weighted by molar-refractivity contribution is -0.123. The zero-order chi connectivity index (χ0) is 17.1. The van der Waals surface area contributed by atoms with Gasteiger partial charge < -0.3 is 0 Å². The molecule has 5 heteroatoms. The number of rotatable bonds is 4. The highest BCUT2D eigenvalue weighted by atomic mass is 79.9. The fourth-order valence-corrected chi connectivity index (χ4v) is 4.42. The second-order valence-electron chi connectivity index (χ2n) is 6.56. The van der Waals surface area contributed by atoms with Gasteiger partial charge in [0.05, 0.1) is 5.69 Å². The van der Waals surface area contributed by atoms with Crippen molar-refractivity contribution in [2.75, 3.05) is 11.4 Å². The number of thiazole rings is 1. The number of carbonyl (C=O) groups is 1. The minimum Gasteiger partial charge on any atom is -0.288 e. The molecule has 1 fully saturated rings. The lowest BCUT2D eigenvalue weighted by Gasteiger charge is -2.29. The van der Waals surface area contributed by atoms with Crippen LogP contribution in [0.1, 0.15) is 39.5 Å². The highest BCUT2D eigenvalue weighted by Gasteiger charge is 2.29. The van der Waals surface area contributed by atoms with E-state index in [9.17, 15) is 4.79 Å². The highest BCUT2D eigenvalue weighted by Crippen LogP contribution is 2.33. The summed E-state index contributed by atoms with van der Waals surface area (Å²) >= 11 is 5.01. The standard InChI is InChI=1S/C19H23BrN2OS/c1-3-22(18(23)15-6-4-13(2)5-7-15)19-21-17(12-24-19)14-8-10-16(20)11-9-14/h8-13,15H,3-7H2,1-2H3. The molecule has 0 radical (unpaired) electrons. The summed E-state index contributed by atoms with van der Waals surface area (Å²) in [5.74, 6) is 1.18. The van der Waals surface area contributed by atoms with Crippen molar-refractivity contribution in [3.05, 3.63) is 34.1 Å². The molecule has 0 bridgehead atoms. The van der Waals surface area contributed by atoms with Crippen LogP contribution in [0.4, 0.5) is 5.13 Å². The number of hydrogen-bond donors (Lipinski definition) is 0. The molecule has 1 aromatic heterocycles. The number of anilines is 1. The molecule has 1 saturated carbocycles. The van der Waals surface area contributed by atoms with E-state index in [1.165, 1.54) is 0 Å². The summed E-state index contributed by atoms with van der Waals surface area (Å²) in [6.45, 7) is 4.99. The van der Waals surface area contributed by atoms with Crippen LogP contribution in [0, 0.1) is 11.8 Å². The molecule has 2 aromatic rings. The number of carbonyl (C=O) groups excluding carboxylic acids is 1. The van der Waals surface area contributed by atoms with E-state index in [4.69, 9.17) is 4.98 Å². The van der Waals surface area contributed by atoms with Crippen LogP contribution in [-0.2, 0) is 4.79 Å². The molecule has 1 aliphatic rings. The van der Waals surface area contributed by atoms with Gasteiger partial charge >= 0.3 is 0 Å². The van der Waals surface area contributed by atoms with Gasteiger partial charge in [-0.3, -0.25) is 9.69 Å². The van der Waals surface area contributed by atoms with Gasteiger partial charge in [0.15, 0.2) is 5.13 Å². The maximum Gasteiger partial charge on any atom is 0.231 e. The van der Waals surface area contributed by atoms with E-state index in [1.54, 1.807) is 11.3 Å². The molecule has 1 aromatic carbocycles. The summed E-state index contributed by atoms with van der Waals surface area (Å²) in [5, 5.41) is 2.86. The van der Waals surface area contributed by atoms with Crippen molar-refractivity contribution in [2.24, 2.45) is 11.8 Å². The van der Waals surface area contributed by atoms with E-state index >= 15 is 0 Å². The molecule has 128 valence electrons. The van der Waals surface area contributed by atoms with Crippen molar-refractivity contribution >= 4 is 38.3 Å². The fraction of sp³-hybridized carbons (Fsp3) is 0.474. The third-order valence-corrected chi connectivity index (χ3v) is 6.20. The summed E-state index contributed by atoms with van der Waals surface area (Å²) in [5.41, 5.74) is 2.02. The molecule has 1 heterocycles. The van der Waals surface area contributed by atoms with Gasteiger partial charge in [0.25, 0.3) is 0 Å². The van der Waals surface area contributed by atoms with E-state index in [2.05, 4.69) is 22.9 Å². The van der Waals surface area contributed by atoms with Gasteiger partial charge in [0.1, 0.15) is 0 Å². The molecule has 1 amide bonds. The van der Waals surface area contributed by atoms with Crippen LogP contribution in [0.5, 0.6) is 0 Å². The average molecular weight is 407 g/mol. The Labute approximate surface area is 156 Å². The van der Waals surface area contributed by atoms with Crippen molar-refractivity contribution in [3.8, 4) is 11.3 Å². The van der Waals surface area contributed by atoms with Crippen molar-refractivity contribution in [1.29, 1.82) is 0 Å². The van der Waals surface area contributed by atoms with Crippen LogP contribution in [-0.4, -0.2) is 17.4 Å². The SMILES string of the molecule is CCN(C(=O)C1CCC(C)CC1)c1nc(-c2ccc(Br)cc2)cs1. The van der Waals surface area contributed by atoms with Crippen molar-refractivity contribution < 1.29 is 4.79 Å². The van der Waals surface area contributed by atoms with Gasteiger partial charge in [-0.1, -0.05) is 35.0 Å². The van der Waals surface area contributed by atoms with Gasteiger partial charge in [0.2, 0.25) is 5.91 Å². The van der Waals surface area contributed by atoms with Crippen LogP contribution in [0.3, 0.4) is 0 Å². The Morgan fingerprint density at radius 2 is 1.92 bits per heavy atom. The lowest BCUT2D eigenvalue weighted by atomic mass is 9.82. The van der Waals surface area contributed by atoms with Crippen LogP contribution in [0.15, 0.2) is 34.1 Å². The largest absolute Gasteiger partial charge is 0.288 e. The predicted octanol–water partition coefficient (Wildman–Crippen LogP) is 5.75. The Bertz CT molecular complexity index is 690. The molecule has 0 spiro atoms. The Kier molecular flexibility index (Phi) is 5.72. The zero-order valence-electron chi connectivity index (χ0n) is 14.2. The molecule has 0 unspecified atom stereocenters. The van der Waals surface area contributed by atoms with Crippen LogP contribution in [0.25, 0.3) is 11.3 Å². The minimum atomic E-state index is 0.168. The quantitative estimate of drug-likeness (QED) is 0.646. The van der Waals surface area contributed by atoms with Gasteiger partial charge in [-0.15, -0.1) is 11.3 Å². The normalized spacial score (nSPS) is 20.8. The number of amides is 1. The number of halogens is 1. The molecule has 1 aliphatic carbocycles. The first kappa shape index (κ1) is 17.6. The Morgan fingerprint density at radius 1 is 1.25 bits per heavy atom. The molecule has 3 nitrogen and oxygen atoms in total. The fourth-order valence-electron chi connectivity index (χ4n) is 3.25. The van der Waals surface area contributed by atoms with Gasteiger partial charge in [-0.2, -0.15) is 0 Å². The summed E-state index contributed by atoms with van der Waals surface area (Å²) < 4.78 is 1.05. The minimum absolute atomic E-state index is 0.168. The smallest absolute Gasteiger partial charge is 0.231 e. The van der Waals surface area contributed by atoms with Crippen molar-refractivity contribution in [2.45, 2.75) is 39.5 Å². The van der Waals surface area contributed by atoms with E-state index in [-0.39, 0.29) is 11.8 Å². The molecule has 24 heavy (non-hydrogen) atoms. The summed E-state index contributed by atoms with van der Waals surface area (Å²) in [4.78, 5) is 19.5. The maximum atomic E-state index is 12.9. The van der Waals surface area contributed by atoms with Crippen LogP contribution in [0.2, 0.25) is 0 Å². The van der Waals surface area contributed by atoms with Crippen LogP contribution >= 0.6 is 27.3 Å². The highest BCUT2D eigenvalue weighted by molar-refractivity contribution is 9.10. The first-order valence-corrected chi connectivity index (χ1v) is 10.3. The summed E-state index contributed by atoms with van der Waals surface area (Å²) in [6, 6.07) is 8.12. The summed E-state index contributed by atoms with van der Waals surface area (Å²) in [7, 11) is 0. The van der Waals surface area contributed by atoms with E-state index in [0.717, 1.165) is 52.5 Å². The van der Waals surface area contributed by atoms with Crippen molar-refractivity contribution in [1.82, 2.24) is 4.98 Å². The van der Waals surface area contributed by atoms with Gasteiger partial charge in [0, 0.05) is 27.9 Å². The molecular formula is C19H23BrN2OS. The first-order chi connectivity index (χ1) is 11.6. The van der Waals surface area contributed by atoms with Crippen LogP contribution < -0.4 is 4.90 Å². The number of benzene rings is 1. The lowest BCUT2D eigenvalue weighted by Crippen LogP contribution is -2.37. The first-order valence-electron chi connectivity index (χ1n) is 8.61. The second kappa shape index (κ2) is 7.79. The molecular weight excluding hydrogens is 384 g/mol. The van der Waals surface area contributed by atoms with Gasteiger partial charge in [-0.05, 0) is 50.7 Å². The Hall–Kier alpha value is -1.20. The molecule has 0 atom stereocenters. The maximum absolute atomic E-state index is 12.9. The predicted molar refractivity (Wildman–Crippen MR) is 104 cm³/mol. The molecule has 3 rings (SSSR count). The monoisotopic (exact) mass is 406 g/mol. The number of aromatic nitrogens is 1. The number of nitrogens with zero attached hydrogens (tertiary/aromatic N) is 2. The van der Waals surface area contributed by atoms with Crippen molar-refractivity contribution in [3.63, 3.8) is 0 Å². The van der Waals surface area contributed by atoms with E-state index in [0.29, 0.717) is 6.54 Å². The van der Waals surface area contributed by atoms with E-state index < -0.39 is 0 Å². The number of hydrogen-bond acceptors (Lipinski definition) is 3. The molecule has 0 saturated heterocycles. The zero-order valence-corrected chi connectivity index (χ0v) is 16.6. The third kappa shape index (κ3) is 3.89.